The second kappa shape index (κ2) is 11.0. The molecule has 0 saturated carbocycles. The van der Waals surface area contributed by atoms with Crippen LogP contribution >= 0.6 is 15.9 Å². The number of imide groups is 1. The number of halogens is 1. The Labute approximate surface area is 250 Å². The molecule has 9 heteroatoms. The van der Waals surface area contributed by atoms with Gasteiger partial charge in [-0.05, 0) is 55.8 Å². The van der Waals surface area contributed by atoms with Crippen molar-refractivity contribution in [1.82, 2.24) is 10.3 Å². The van der Waals surface area contributed by atoms with Crippen molar-refractivity contribution >= 4 is 50.4 Å². The molecule has 0 bridgehead atoms. The molecule has 6 rings (SSSR count). The van der Waals surface area contributed by atoms with Gasteiger partial charge in [-0.2, -0.15) is 0 Å². The van der Waals surface area contributed by atoms with Gasteiger partial charge >= 0.3 is 6.03 Å². The Balaban J connectivity index is 1.52. The molecule has 3 amide bonds. The van der Waals surface area contributed by atoms with Crippen LogP contribution < -0.4 is 10.6 Å². The highest BCUT2D eigenvalue weighted by molar-refractivity contribution is 9.10. The molecule has 0 unspecified atom stereocenters. The minimum absolute atomic E-state index is 0.0844. The molecule has 0 saturated heterocycles. The van der Waals surface area contributed by atoms with Crippen LogP contribution in [-0.4, -0.2) is 28.3 Å². The van der Waals surface area contributed by atoms with Gasteiger partial charge < -0.3 is 14.5 Å². The molecule has 1 aliphatic heterocycles. The summed E-state index contributed by atoms with van der Waals surface area (Å²) >= 11 is 3.40. The molecule has 3 heterocycles. The maximum atomic E-state index is 13.8. The topological polar surface area (TPSA) is 111 Å². The Morgan fingerprint density at radius 2 is 1.52 bits per heavy atom. The number of nitrogens with one attached hydrogen (secondary N) is 2. The minimum atomic E-state index is -0.802. The van der Waals surface area contributed by atoms with Crippen LogP contribution in [0.15, 0.2) is 93.8 Å². The predicted molar refractivity (Wildman–Crippen MR) is 163 cm³/mol. The average molecular weight is 624 g/mol. The number of hydrogen-bond acceptors (Lipinski definition) is 6. The summed E-state index contributed by atoms with van der Waals surface area (Å²) in [6.07, 6.45) is 0.478. The van der Waals surface area contributed by atoms with Crippen LogP contribution in [0.4, 0.5) is 10.5 Å². The lowest BCUT2D eigenvalue weighted by Gasteiger charge is -2.33. The van der Waals surface area contributed by atoms with E-state index in [1.165, 1.54) is 0 Å². The molecule has 3 aromatic carbocycles. The number of benzene rings is 3. The SMILES string of the molecule is CC1(C)Cc2c(c(-c3ccccc3)nc3oc(C(=O)c4ccc(Br)cc4)c(NC(=O)NC(=O)c4ccccc4)c23)CO1. The fourth-order valence-electron chi connectivity index (χ4n) is 5.09. The van der Waals surface area contributed by atoms with Crippen LogP contribution in [0.5, 0.6) is 0 Å². The zero-order valence-corrected chi connectivity index (χ0v) is 24.4. The quantitative estimate of drug-likeness (QED) is 0.199. The molecule has 0 aliphatic carbocycles. The lowest BCUT2D eigenvalue weighted by Crippen LogP contribution is -2.35. The number of anilines is 1. The monoisotopic (exact) mass is 623 g/mol. The maximum absolute atomic E-state index is 13.8. The maximum Gasteiger partial charge on any atom is 0.326 e. The fraction of sp³-hybridized carbons (Fsp3) is 0.152. The van der Waals surface area contributed by atoms with Gasteiger partial charge in [-0.15, -0.1) is 0 Å². The van der Waals surface area contributed by atoms with Crippen molar-refractivity contribution < 1.29 is 23.5 Å². The molecule has 8 nitrogen and oxygen atoms in total. The largest absolute Gasteiger partial charge is 0.432 e. The van der Waals surface area contributed by atoms with Gasteiger partial charge in [-0.1, -0.05) is 64.5 Å². The van der Waals surface area contributed by atoms with Gasteiger partial charge in [0.2, 0.25) is 17.3 Å². The molecular weight excluding hydrogens is 598 g/mol. The van der Waals surface area contributed by atoms with Gasteiger partial charge in [0.1, 0.15) is 5.69 Å². The number of ether oxygens (including phenoxy) is 1. The summed E-state index contributed by atoms with van der Waals surface area (Å²) in [6.45, 7) is 4.25. The Morgan fingerprint density at radius 3 is 2.21 bits per heavy atom. The summed E-state index contributed by atoms with van der Waals surface area (Å²) in [4.78, 5) is 44.6. The fourth-order valence-corrected chi connectivity index (χ4v) is 5.36. The summed E-state index contributed by atoms with van der Waals surface area (Å²) in [5.74, 6) is -1.10. The van der Waals surface area contributed by atoms with E-state index in [0.717, 1.165) is 21.2 Å². The summed E-state index contributed by atoms with van der Waals surface area (Å²) in [7, 11) is 0. The van der Waals surface area contributed by atoms with Crippen molar-refractivity contribution in [1.29, 1.82) is 0 Å². The molecule has 210 valence electrons. The molecular formula is C33H26BrN3O5. The number of carbonyl (C=O) groups excluding carboxylic acids is 3. The number of carbonyl (C=O) groups is 3. The molecule has 1 aliphatic rings. The van der Waals surface area contributed by atoms with Crippen LogP contribution in [-0.2, 0) is 17.8 Å². The van der Waals surface area contributed by atoms with Crippen LogP contribution in [0.1, 0.15) is 51.5 Å². The van der Waals surface area contributed by atoms with E-state index in [2.05, 4.69) is 26.6 Å². The Morgan fingerprint density at radius 1 is 0.857 bits per heavy atom. The first-order chi connectivity index (χ1) is 20.2. The molecule has 0 atom stereocenters. The van der Waals surface area contributed by atoms with E-state index < -0.39 is 23.3 Å². The third kappa shape index (κ3) is 5.36. The van der Waals surface area contributed by atoms with Gasteiger partial charge in [-0.25, -0.2) is 9.78 Å². The highest BCUT2D eigenvalue weighted by atomic mass is 79.9. The number of hydrogen-bond donors (Lipinski definition) is 2. The number of ketones is 1. The Hall–Kier alpha value is -4.60. The smallest absolute Gasteiger partial charge is 0.326 e. The van der Waals surface area contributed by atoms with Gasteiger partial charge in [-0.3, -0.25) is 14.9 Å². The van der Waals surface area contributed by atoms with Crippen LogP contribution in [0, 0.1) is 0 Å². The Kier molecular flexibility index (Phi) is 7.22. The number of amides is 3. The van der Waals surface area contributed by atoms with Gasteiger partial charge in [0.25, 0.3) is 5.91 Å². The molecule has 2 N–H and O–H groups in total. The van der Waals surface area contributed by atoms with E-state index in [-0.39, 0.29) is 23.8 Å². The van der Waals surface area contributed by atoms with Gasteiger partial charge in [0.15, 0.2) is 0 Å². The molecule has 0 spiro atoms. The normalized spacial score (nSPS) is 13.8. The third-order valence-electron chi connectivity index (χ3n) is 7.13. The van der Waals surface area contributed by atoms with Crippen molar-refractivity contribution in [3.8, 4) is 11.3 Å². The van der Waals surface area contributed by atoms with Crippen molar-refractivity contribution in [2.45, 2.75) is 32.5 Å². The first kappa shape index (κ1) is 27.6. The van der Waals surface area contributed by atoms with E-state index in [4.69, 9.17) is 14.1 Å². The predicted octanol–water partition coefficient (Wildman–Crippen LogP) is 7.30. The van der Waals surface area contributed by atoms with Crippen molar-refractivity contribution in [3.63, 3.8) is 0 Å². The number of nitrogens with zero attached hydrogens (tertiary/aromatic N) is 1. The van der Waals surface area contributed by atoms with E-state index in [1.54, 1.807) is 54.6 Å². The highest BCUT2D eigenvalue weighted by Crippen LogP contribution is 2.43. The Bertz CT molecular complexity index is 1830. The van der Waals surface area contributed by atoms with Crippen molar-refractivity contribution in [2.24, 2.45) is 0 Å². The third-order valence-corrected chi connectivity index (χ3v) is 7.65. The number of furan rings is 1. The standard InChI is InChI=1S/C33H26BrN3O5/c1-33(2)17-23-24(18-41-33)26(19-9-5-3-6-10-19)35-31-25(23)27(29(42-31)28(38)20-13-15-22(34)16-14-20)36-32(40)37-30(39)21-11-7-4-8-12-21/h3-16H,17-18H2,1-2H3,(H2,36,37,39,40). The lowest BCUT2D eigenvalue weighted by atomic mass is 9.87. The minimum Gasteiger partial charge on any atom is -0.432 e. The second-order valence-electron chi connectivity index (χ2n) is 10.6. The van der Waals surface area contributed by atoms with Crippen LogP contribution in [0.2, 0.25) is 0 Å². The summed E-state index contributed by atoms with van der Waals surface area (Å²) in [5, 5.41) is 5.61. The highest BCUT2D eigenvalue weighted by Gasteiger charge is 2.35. The average Bonchev–Trinajstić information content (AvgIpc) is 3.35. The van der Waals surface area contributed by atoms with E-state index in [1.807, 2.05) is 44.2 Å². The van der Waals surface area contributed by atoms with Crippen molar-refractivity contribution in [3.05, 3.63) is 117 Å². The van der Waals surface area contributed by atoms with E-state index in [0.29, 0.717) is 28.6 Å². The van der Waals surface area contributed by atoms with Crippen LogP contribution in [0.3, 0.4) is 0 Å². The molecule has 0 fully saturated rings. The number of fused-ring (bicyclic) bond motifs is 3. The number of urea groups is 1. The summed E-state index contributed by atoms with van der Waals surface area (Å²) in [5.41, 5.74) is 3.78. The van der Waals surface area contributed by atoms with Gasteiger partial charge in [0.05, 0.1) is 23.3 Å². The summed E-state index contributed by atoms with van der Waals surface area (Å²) < 4.78 is 13.2. The number of pyridine rings is 1. The van der Waals surface area contributed by atoms with E-state index in [9.17, 15) is 14.4 Å². The molecule has 0 radical (unpaired) electrons. The van der Waals surface area contributed by atoms with Crippen molar-refractivity contribution in [2.75, 3.05) is 5.32 Å². The number of aromatic nitrogens is 1. The number of rotatable bonds is 5. The molecule has 2 aromatic heterocycles. The zero-order valence-electron chi connectivity index (χ0n) is 22.9. The first-order valence-corrected chi connectivity index (χ1v) is 14.1. The molecule has 5 aromatic rings. The van der Waals surface area contributed by atoms with E-state index >= 15 is 0 Å². The van der Waals surface area contributed by atoms with Crippen LogP contribution in [0.25, 0.3) is 22.4 Å². The summed E-state index contributed by atoms with van der Waals surface area (Å²) in [6, 6.07) is 24.1. The zero-order chi connectivity index (χ0) is 29.4. The molecule has 42 heavy (non-hydrogen) atoms. The lowest BCUT2D eigenvalue weighted by molar-refractivity contribution is -0.0395. The second-order valence-corrected chi connectivity index (χ2v) is 11.5. The van der Waals surface area contributed by atoms with Gasteiger partial charge in [0, 0.05) is 33.1 Å². The first-order valence-electron chi connectivity index (χ1n) is 13.4.